The molecule has 1 atom stereocenters. The maximum atomic E-state index is 9.25. The fraction of sp³-hybridized carbons (Fsp3) is 1.00. The van der Waals surface area contributed by atoms with Crippen molar-refractivity contribution in [3.8, 4) is 0 Å². The molecule has 1 heterocycles. The first-order chi connectivity index (χ1) is 4.52. The minimum Gasteiger partial charge on any atom is -0.393 e. The molecule has 3 nitrogen and oxygen atoms in total. The van der Waals surface area contributed by atoms with E-state index in [4.69, 9.17) is 5.21 Å². The van der Waals surface area contributed by atoms with Gasteiger partial charge in [0.25, 0.3) is 0 Å². The van der Waals surface area contributed by atoms with Crippen LogP contribution in [0, 0.1) is 0 Å². The Balaban J connectivity index is 2.55. The van der Waals surface area contributed by atoms with E-state index in [9.17, 15) is 5.11 Å². The third kappa shape index (κ3) is 1.48. The molecule has 0 spiro atoms. The lowest BCUT2D eigenvalue weighted by Crippen LogP contribution is -2.49. The fourth-order valence-corrected chi connectivity index (χ4v) is 1.37. The van der Waals surface area contributed by atoms with Gasteiger partial charge in [-0.2, -0.15) is 0 Å². The van der Waals surface area contributed by atoms with Crippen molar-refractivity contribution in [1.82, 2.24) is 5.06 Å². The monoisotopic (exact) mass is 146 g/mol. The van der Waals surface area contributed by atoms with Gasteiger partial charge in [-0.1, -0.05) is 5.06 Å². The van der Waals surface area contributed by atoms with Gasteiger partial charge in [-0.15, -0.1) is 0 Å². The van der Waals surface area contributed by atoms with Gasteiger partial charge in [-0.05, 0) is 26.7 Å². The Labute approximate surface area is 61.2 Å². The fourth-order valence-electron chi connectivity index (χ4n) is 1.37. The molecule has 0 saturated carbocycles. The molecule has 3 N–H and O–H groups in total. The van der Waals surface area contributed by atoms with Gasteiger partial charge in [0, 0.05) is 0 Å². The van der Waals surface area contributed by atoms with Crippen LogP contribution in [-0.4, -0.2) is 33.6 Å². The molecule has 0 amide bonds. The van der Waals surface area contributed by atoms with Crippen LogP contribution in [-0.2, 0) is 0 Å². The van der Waals surface area contributed by atoms with Crippen LogP contribution in [0.25, 0.3) is 0 Å². The van der Waals surface area contributed by atoms with Crippen molar-refractivity contribution in [1.29, 1.82) is 0 Å². The van der Waals surface area contributed by atoms with Gasteiger partial charge in [0.15, 0.2) is 0 Å². The Morgan fingerprint density at radius 3 is 2.60 bits per heavy atom. The number of aliphatic hydroxyl groups is 1. The van der Waals surface area contributed by atoms with Crippen molar-refractivity contribution in [2.75, 3.05) is 6.54 Å². The first-order valence-corrected chi connectivity index (χ1v) is 3.69. The normalized spacial score (nSPS) is 34.2. The van der Waals surface area contributed by atoms with Crippen molar-refractivity contribution in [2.45, 2.75) is 38.3 Å². The highest BCUT2D eigenvalue weighted by Crippen LogP contribution is 2.25. The molecule has 60 valence electrons. The van der Waals surface area contributed by atoms with Crippen LogP contribution in [0.15, 0.2) is 0 Å². The second-order valence-electron chi connectivity index (χ2n) is 3.61. The summed E-state index contributed by atoms with van der Waals surface area (Å²) in [4.78, 5) is 0. The highest BCUT2D eigenvalue weighted by molar-refractivity contribution is 4.84. The molecule has 1 aliphatic heterocycles. The maximum absolute atomic E-state index is 9.25. The lowest BCUT2D eigenvalue weighted by Gasteiger charge is -2.35. The summed E-state index contributed by atoms with van der Waals surface area (Å²) in [6.45, 7) is 4.67. The Bertz CT molecular complexity index is 125. The quantitative estimate of drug-likeness (QED) is 0.483. The predicted octanol–water partition coefficient (Wildman–Crippen LogP) is -0.139. The van der Waals surface area contributed by atoms with Crippen molar-refractivity contribution in [2.24, 2.45) is 0 Å². The van der Waals surface area contributed by atoms with Crippen LogP contribution in [0.4, 0.5) is 0 Å². The summed E-state index contributed by atoms with van der Waals surface area (Å²) in [5.74, 6) is 0. The van der Waals surface area contributed by atoms with Crippen LogP contribution in [0.2, 0.25) is 0 Å². The van der Waals surface area contributed by atoms with Gasteiger partial charge >= 0.3 is 0 Å². The van der Waals surface area contributed by atoms with E-state index in [1.54, 1.807) is 5.06 Å². The maximum Gasteiger partial charge on any atom is 0.0853 e. The minimum absolute atomic E-state index is 0.141. The van der Waals surface area contributed by atoms with Crippen LogP contribution in [0.3, 0.4) is 0 Å². The summed E-state index contributed by atoms with van der Waals surface area (Å²) in [6, 6.07) is 0. The number of nitrogens with zero attached hydrogens (tertiary/aromatic N) is 1. The average Bonchev–Trinajstić information content (AvgIpc) is 1.78. The largest absolute Gasteiger partial charge is 0.393 e. The molecular formula is C7H16NO2+. The van der Waals surface area contributed by atoms with E-state index in [-0.39, 0.29) is 11.6 Å². The van der Waals surface area contributed by atoms with Crippen LogP contribution < -0.4 is 0 Å². The second-order valence-corrected chi connectivity index (χ2v) is 3.61. The zero-order valence-electron chi connectivity index (χ0n) is 6.59. The smallest absolute Gasteiger partial charge is 0.0853 e. The van der Waals surface area contributed by atoms with E-state index in [2.05, 4.69) is 0 Å². The molecule has 0 bridgehead atoms. The molecular weight excluding hydrogens is 130 g/mol. The van der Waals surface area contributed by atoms with Crippen molar-refractivity contribution < 1.29 is 10.3 Å². The van der Waals surface area contributed by atoms with Gasteiger partial charge in [0.2, 0.25) is 0 Å². The summed E-state index contributed by atoms with van der Waals surface area (Å²) < 4.78 is 0. The van der Waals surface area contributed by atoms with Crippen LogP contribution in [0.5, 0.6) is 0 Å². The van der Waals surface area contributed by atoms with Gasteiger partial charge in [-0.25, -0.2) is 0 Å². The van der Waals surface area contributed by atoms with E-state index in [1.807, 2.05) is 13.8 Å². The highest BCUT2D eigenvalue weighted by Gasteiger charge is 2.36. The molecule has 1 aliphatic rings. The summed E-state index contributed by atoms with van der Waals surface area (Å²) >= 11 is 0. The summed E-state index contributed by atoms with van der Waals surface area (Å²) in [5, 5.41) is 18.3. The van der Waals surface area contributed by atoms with Gasteiger partial charge < -0.3 is 10.3 Å². The van der Waals surface area contributed by atoms with Gasteiger partial charge in [-0.3, -0.25) is 0 Å². The Morgan fingerprint density at radius 2 is 2.20 bits per heavy atom. The van der Waals surface area contributed by atoms with E-state index in [0.29, 0.717) is 6.54 Å². The first-order valence-electron chi connectivity index (χ1n) is 3.69. The molecule has 3 heteroatoms. The number of hydrogen-bond donors (Lipinski definition) is 1. The van der Waals surface area contributed by atoms with Crippen LogP contribution in [0.1, 0.15) is 26.7 Å². The van der Waals surface area contributed by atoms with Crippen molar-refractivity contribution in [3.05, 3.63) is 0 Å². The SMILES string of the molecule is CC1(C)CC(O)CCN1[OH2+]. The number of aliphatic hydroxyl groups excluding tert-OH is 1. The van der Waals surface area contributed by atoms with Crippen molar-refractivity contribution in [3.63, 3.8) is 0 Å². The lowest BCUT2D eigenvalue weighted by atomic mass is 9.91. The standard InChI is InChI=1S/C7H15NO2/c1-7(2)5-6(9)3-4-8(7)10/h6,9-10H,3-5H2,1-2H3/p+1. The molecule has 1 rings (SSSR count). The average molecular weight is 146 g/mol. The van der Waals surface area contributed by atoms with Crippen molar-refractivity contribution >= 4 is 0 Å². The predicted molar refractivity (Wildman–Crippen MR) is 39.6 cm³/mol. The number of hydrogen-bond acceptors (Lipinski definition) is 2. The Kier molecular flexibility index (Phi) is 1.99. The molecule has 1 saturated heterocycles. The molecule has 0 aromatic carbocycles. The summed E-state index contributed by atoms with van der Waals surface area (Å²) in [6.07, 6.45) is 1.26. The molecule has 10 heavy (non-hydrogen) atoms. The highest BCUT2D eigenvalue weighted by atomic mass is 16.5. The number of piperidine rings is 1. The first kappa shape index (κ1) is 7.98. The molecule has 0 radical (unpaired) electrons. The minimum atomic E-state index is -0.198. The lowest BCUT2D eigenvalue weighted by molar-refractivity contribution is -0.194. The second kappa shape index (κ2) is 2.49. The van der Waals surface area contributed by atoms with E-state index in [0.717, 1.165) is 12.8 Å². The zero-order chi connectivity index (χ0) is 7.78. The number of hydroxylamine groups is 2. The summed E-state index contributed by atoms with van der Waals surface area (Å²) in [7, 11) is 0. The molecule has 0 aromatic rings. The zero-order valence-corrected chi connectivity index (χ0v) is 6.59. The molecule has 0 aliphatic carbocycles. The molecule has 1 fully saturated rings. The molecule has 1 unspecified atom stereocenters. The molecule has 0 aromatic heterocycles. The van der Waals surface area contributed by atoms with Crippen LogP contribution >= 0.6 is 0 Å². The Hall–Kier alpha value is -0.120. The van der Waals surface area contributed by atoms with E-state index in [1.165, 1.54) is 0 Å². The third-order valence-corrected chi connectivity index (χ3v) is 2.15. The van der Waals surface area contributed by atoms with E-state index < -0.39 is 0 Å². The van der Waals surface area contributed by atoms with Gasteiger partial charge in [0.1, 0.15) is 0 Å². The topological polar surface area (TPSA) is 46.4 Å². The van der Waals surface area contributed by atoms with Gasteiger partial charge in [0.05, 0.1) is 18.2 Å². The number of rotatable bonds is 0. The summed E-state index contributed by atoms with van der Waals surface area (Å²) in [5.41, 5.74) is -0.141. The Morgan fingerprint density at radius 1 is 1.60 bits per heavy atom. The third-order valence-electron chi connectivity index (χ3n) is 2.15. The van der Waals surface area contributed by atoms with E-state index >= 15 is 0 Å².